The Labute approximate surface area is 117 Å². The van der Waals surface area contributed by atoms with E-state index in [2.05, 4.69) is 7.05 Å². The number of esters is 1. The van der Waals surface area contributed by atoms with Crippen LogP contribution in [0.1, 0.15) is 52.9 Å². The molecule has 110 valence electrons. The highest BCUT2D eigenvalue weighted by molar-refractivity contribution is 5.75. The maximum absolute atomic E-state index is 11.9. The van der Waals surface area contributed by atoms with Crippen LogP contribution in [-0.2, 0) is 9.53 Å². The lowest BCUT2D eigenvalue weighted by molar-refractivity contribution is -0.947. The van der Waals surface area contributed by atoms with Crippen molar-refractivity contribution in [2.24, 2.45) is 11.3 Å². The number of fused-ring (bicyclic) bond motifs is 1. The lowest BCUT2D eigenvalue weighted by Crippen LogP contribution is -2.61. The normalized spacial score (nSPS) is 35.6. The topological polar surface area (TPSA) is 26.3 Å². The number of quaternary nitrogens is 1. The molecule has 0 N–H and O–H groups in total. The molecule has 3 atom stereocenters. The predicted octanol–water partition coefficient (Wildman–Crippen LogP) is 2.98. The average Bonchev–Trinajstić information content (AvgIpc) is 2.33. The van der Waals surface area contributed by atoms with Crippen LogP contribution in [0.4, 0.5) is 0 Å². The van der Waals surface area contributed by atoms with Gasteiger partial charge in [-0.05, 0) is 46.5 Å². The molecule has 0 saturated carbocycles. The molecule has 2 aliphatic rings. The van der Waals surface area contributed by atoms with Crippen molar-refractivity contribution in [3.8, 4) is 0 Å². The Hall–Kier alpha value is -0.570. The summed E-state index contributed by atoms with van der Waals surface area (Å²) in [5.74, 6) is 0.522. The monoisotopic (exact) mass is 268 g/mol. The van der Waals surface area contributed by atoms with Crippen molar-refractivity contribution in [3.63, 3.8) is 0 Å². The van der Waals surface area contributed by atoms with Gasteiger partial charge >= 0.3 is 5.97 Å². The smallest absolute Gasteiger partial charge is 0.311 e. The fraction of sp³-hybridized carbons (Fsp3) is 0.938. The van der Waals surface area contributed by atoms with E-state index in [1.807, 2.05) is 20.8 Å². The molecule has 0 amide bonds. The molecule has 0 spiro atoms. The second-order valence-electron chi connectivity index (χ2n) is 7.74. The Morgan fingerprint density at radius 3 is 2.53 bits per heavy atom. The highest BCUT2D eigenvalue weighted by Gasteiger charge is 2.44. The average molecular weight is 268 g/mol. The van der Waals surface area contributed by atoms with Crippen molar-refractivity contribution in [2.45, 2.75) is 58.9 Å². The van der Waals surface area contributed by atoms with Crippen molar-refractivity contribution >= 4 is 5.97 Å². The maximum Gasteiger partial charge on any atom is 0.311 e. The summed E-state index contributed by atoms with van der Waals surface area (Å²) in [6.07, 6.45) is 6.54. The molecule has 0 radical (unpaired) electrons. The Kier molecular flexibility index (Phi) is 4.24. The molecular formula is C16H30NO2+. The number of hydrogen-bond acceptors (Lipinski definition) is 2. The van der Waals surface area contributed by atoms with E-state index >= 15 is 0 Å². The highest BCUT2D eigenvalue weighted by Crippen LogP contribution is 2.36. The Balaban J connectivity index is 1.94. The van der Waals surface area contributed by atoms with Crippen LogP contribution < -0.4 is 0 Å². The van der Waals surface area contributed by atoms with Gasteiger partial charge in [0.1, 0.15) is 0 Å². The van der Waals surface area contributed by atoms with Gasteiger partial charge in [0.25, 0.3) is 0 Å². The first-order valence-corrected chi connectivity index (χ1v) is 7.84. The van der Waals surface area contributed by atoms with Gasteiger partial charge in [0, 0.05) is 12.3 Å². The van der Waals surface area contributed by atoms with Crippen LogP contribution >= 0.6 is 0 Å². The SMILES string of the molecule is CC(C)(C)C(=O)OC[C@@H]1CCC[N@@+]2(C)CCCC[C@@H]12. The summed E-state index contributed by atoms with van der Waals surface area (Å²) in [6, 6.07) is 0.718. The Bertz CT molecular complexity index is 330. The van der Waals surface area contributed by atoms with Crippen molar-refractivity contribution in [1.29, 1.82) is 0 Å². The summed E-state index contributed by atoms with van der Waals surface area (Å²) in [5, 5.41) is 0. The molecule has 0 aromatic rings. The van der Waals surface area contributed by atoms with Gasteiger partial charge in [-0.2, -0.15) is 0 Å². The molecule has 3 heteroatoms. The van der Waals surface area contributed by atoms with E-state index in [9.17, 15) is 4.79 Å². The summed E-state index contributed by atoms with van der Waals surface area (Å²) in [5.41, 5.74) is -0.376. The number of carbonyl (C=O) groups excluding carboxylic acids is 1. The second kappa shape index (κ2) is 5.43. The largest absolute Gasteiger partial charge is 0.465 e. The summed E-state index contributed by atoms with van der Waals surface area (Å²) in [7, 11) is 2.40. The van der Waals surface area contributed by atoms with E-state index in [-0.39, 0.29) is 11.4 Å². The zero-order chi connectivity index (χ0) is 14.1. The summed E-state index contributed by atoms with van der Waals surface area (Å²) >= 11 is 0. The van der Waals surface area contributed by atoms with Crippen molar-refractivity contribution in [3.05, 3.63) is 0 Å². The van der Waals surface area contributed by atoms with Crippen LogP contribution in [0.3, 0.4) is 0 Å². The van der Waals surface area contributed by atoms with E-state index in [1.54, 1.807) is 0 Å². The van der Waals surface area contributed by atoms with Crippen LogP contribution in [0.5, 0.6) is 0 Å². The molecule has 19 heavy (non-hydrogen) atoms. The quantitative estimate of drug-likeness (QED) is 0.568. The third kappa shape index (κ3) is 3.31. The van der Waals surface area contributed by atoms with Crippen LogP contribution in [0.15, 0.2) is 0 Å². The van der Waals surface area contributed by atoms with Crippen molar-refractivity contribution < 1.29 is 14.0 Å². The zero-order valence-electron chi connectivity index (χ0n) is 13.1. The minimum atomic E-state index is -0.376. The third-order valence-corrected chi connectivity index (χ3v) is 5.05. The molecule has 0 aromatic carbocycles. The molecule has 0 bridgehead atoms. The second-order valence-corrected chi connectivity index (χ2v) is 7.74. The molecule has 2 rings (SSSR count). The van der Waals surface area contributed by atoms with Gasteiger partial charge in [-0.25, -0.2) is 0 Å². The van der Waals surface area contributed by atoms with Gasteiger partial charge in [-0.3, -0.25) is 4.79 Å². The van der Waals surface area contributed by atoms with Crippen LogP contribution in [0.25, 0.3) is 0 Å². The molecule has 0 unspecified atom stereocenters. The lowest BCUT2D eigenvalue weighted by Gasteiger charge is -2.51. The number of carbonyl (C=O) groups is 1. The Morgan fingerprint density at radius 1 is 1.16 bits per heavy atom. The van der Waals surface area contributed by atoms with E-state index < -0.39 is 0 Å². The molecule has 3 nitrogen and oxygen atoms in total. The van der Waals surface area contributed by atoms with Gasteiger partial charge < -0.3 is 9.22 Å². The van der Waals surface area contributed by atoms with E-state index in [0.717, 1.165) is 6.04 Å². The van der Waals surface area contributed by atoms with Gasteiger partial charge in [0.15, 0.2) is 0 Å². The fourth-order valence-electron chi connectivity index (χ4n) is 3.83. The van der Waals surface area contributed by atoms with Gasteiger partial charge in [-0.15, -0.1) is 0 Å². The van der Waals surface area contributed by atoms with Crippen LogP contribution in [-0.4, -0.2) is 43.2 Å². The standard InChI is InChI=1S/C16H30NO2/c1-16(2,3)15(18)19-12-13-8-7-11-17(4)10-6-5-9-14(13)17/h13-14H,5-12H2,1-4H3/q+1/t13-,14-,17+/m0/s1. The molecule has 2 fully saturated rings. The number of nitrogens with zero attached hydrogens (tertiary/aromatic N) is 1. The molecule has 0 aromatic heterocycles. The van der Waals surface area contributed by atoms with E-state index in [0.29, 0.717) is 12.5 Å². The molecule has 2 heterocycles. The molecular weight excluding hydrogens is 238 g/mol. The number of hydrogen-bond donors (Lipinski definition) is 0. The highest BCUT2D eigenvalue weighted by atomic mass is 16.5. The van der Waals surface area contributed by atoms with E-state index in [1.165, 1.54) is 49.7 Å². The van der Waals surface area contributed by atoms with E-state index in [4.69, 9.17) is 4.74 Å². The minimum Gasteiger partial charge on any atom is -0.465 e. The summed E-state index contributed by atoms with van der Waals surface area (Å²) in [4.78, 5) is 11.9. The predicted molar refractivity (Wildman–Crippen MR) is 76.7 cm³/mol. The first-order chi connectivity index (χ1) is 8.83. The van der Waals surface area contributed by atoms with Crippen LogP contribution in [0, 0.1) is 11.3 Å². The maximum atomic E-state index is 11.9. The van der Waals surface area contributed by atoms with Gasteiger partial charge in [-0.1, -0.05) is 0 Å². The minimum absolute atomic E-state index is 0.0527. The first-order valence-electron chi connectivity index (χ1n) is 7.84. The molecule has 2 saturated heterocycles. The summed E-state index contributed by atoms with van der Waals surface area (Å²) < 4.78 is 6.81. The molecule has 0 aliphatic carbocycles. The van der Waals surface area contributed by atoms with Crippen LogP contribution in [0.2, 0.25) is 0 Å². The number of rotatable bonds is 2. The fourth-order valence-corrected chi connectivity index (χ4v) is 3.83. The number of piperidine rings is 2. The lowest BCUT2D eigenvalue weighted by atomic mass is 9.82. The Morgan fingerprint density at radius 2 is 1.84 bits per heavy atom. The zero-order valence-corrected chi connectivity index (χ0v) is 13.1. The molecule has 2 aliphatic heterocycles. The van der Waals surface area contributed by atoms with Gasteiger partial charge in [0.05, 0.1) is 38.2 Å². The number of ether oxygens (including phenoxy) is 1. The third-order valence-electron chi connectivity index (χ3n) is 5.05. The van der Waals surface area contributed by atoms with Crippen molar-refractivity contribution in [2.75, 3.05) is 26.7 Å². The van der Waals surface area contributed by atoms with Crippen molar-refractivity contribution in [1.82, 2.24) is 0 Å². The first kappa shape index (κ1) is 14.8. The summed E-state index contributed by atoms with van der Waals surface area (Å²) in [6.45, 7) is 9.04. The van der Waals surface area contributed by atoms with Gasteiger partial charge in [0.2, 0.25) is 0 Å².